The number of methoxy groups -OCH3 is 2. The number of benzene rings is 1. The van der Waals surface area contributed by atoms with Crippen molar-refractivity contribution >= 4 is 20.4 Å². The van der Waals surface area contributed by atoms with Gasteiger partial charge >= 0.3 is 5.97 Å². The van der Waals surface area contributed by atoms with Crippen molar-refractivity contribution in [3.63, 3.8) is 0 Å². The summed E-state index contributed by atoms with van der Waals surface area (Å²) < 4.78 is 23.3. The van der Waals surface area contributed by atoms with Crippen LogP contribution in [0.2, 0.25) is 18.1 Å². The second-order valence-corrected chi connectivity index (χ2v) is 17.2. The van der Waals surface area contributed by atoms with Gasteiger partial charge in [-0.15, -0.1) is 0 Å². The molecule has 0 saturated heterocycles. The van der Waals surface area contributed by atoms with Gasteiger partial charge in [-0.05, 0) is 73.9 Å². The Labute approximate surface area is 236 Å². The average Bonchev–Trinajstić information content (AvgIpc) is 2.83. The maximum atomic E-state index is 12.0. The molecule has 0 aromatic heterocycles. The molecule has 0 aliphatic heterocycles. The van der Waals surface area contributed by atoms with Gasteiger partial charge in [0.2, 0.25) is 6.08 Å². The van der Waals surface area contributed by atoms with Crippen LogP contribution < -0.4 is 9.47 Å². The molecule has 39 heavy (non-hydrogen) atoms. The number of aliphatic carboxylic acids is 1. The number of rotatable bonds is 18. The van der Waals surface area contributed by atoms with E-state index in [0.29, 0.717) is 37.2 Å². The van der Waals surface area contributed by atoms with Crippen molar-refractivity contribution in [2.45, 2.75) is 103 Å². The zero-order chi connectivity index (χ0) is 29.9. The first-order chi connectivity index (χ1) is 18.1. The normalized spacial score (nSPS) is 15.3. The molecule has 1 N–H and O–H groups in total. The molecule has 0 bridgehead atoms. The van der Waals surface area contributed by atoms with Crippen molar-refractivity contribution in [2.75, 3.05) is 27.4 Å². The molecule has 8 nitrogen and oxygen atoms in total. The van der Waals surface area contributed by atoms with E-state index in [1.807, 2.05) is 12.1 Å². The Morgan fingerprint density at radius 2 is 1.74 bits per heavy atom. The number of carbonyl (C=O) groups excluding carboxylic acids is 1. The predicted octanol–water partition coefficient (Wildman–Crippen LogP) is 6.67. The minimum Gasteiger partial charge on any atom is -0.493 e. The number of hydrogen-bond acceptors (Lipinski definition) is 7. The van der Waals surface area contributed by atoms with Gasteiger partial charge in [-0.3, -0.25) is 0 Å². The number of carbonyl (C=O) groups is 1. The van der Waals surface area contributed by atoms with Crippen LogP contribution in [0.3, 0.4) is 0 Å². The highest BCUT2D eigenvalue weighted by Crippen LogP contribution is 2.40. The van der Waals surface area contributed by atoms with E-state index >= 15 is 0 Å². The summed E-state index contributed by atoms with van der Waals surface area (Å²) in [5.41, 5.74) is -0.424. The molecule has 0 aliphatic carbocycles. The summed E-state index contributed by atoms with van der Waals surface area (Å²) >= 11 is 0. The lowest BCUT2D eigenvalue weighted by Crippen LogP contribution is -2.47. The van der Waals surface area contributed by atoms with Crippen LogP contribution >= 0.6 is 0 Å². The lowest BCUT2D eigenvalue weighted by molar-refractivity contribution is -0.143. The number of isocyanates is 1. The standard InChI is InChI=1S/C30H51NO7Si/c1-22(2)24(18-23-12-15-26(36-8)27(19-23)37-17-11-16-35-7)13-14-25(38-39(9,10)29(3,4)5)20-30(6,28(33)34)31-21-32/h12,15,19,22,24-25H,11,13-14,16-18,20H2,1-10H3,(H,33,34)/t24-,25-,30+/m0/s1. The Bertz CT molecular complexity index is 949. The molecule has 0 saturated carbocycles. The molecular weight excluding hydrogens is 514 g/mol. The van der Waals surface area contributed by atoms with E-state index in [0.717, 1.165) is 30.6 Å². The van der Waals surface area contributed by atoms with Crippen molar-refractivity contribution in [1.29, 1.82) is 0 Å². The van der Waals surface area contributed by atoms with E-state index < -0.39 is 19.8 Å². The highest BCUT2D eigenvalue weighted by Gasteiger charge is 2.43. The van der Waals surface area contributed by atoms with Crippen LogP contribution in [0, 0.1) is 11.8 Å². The molecule has 0 fully saturated rings. The Hall–Kier alpha value is -2.19. The first kappa shape index (κ1) is 34.8. The molecule has 9 heteroatoms. The number of ether oxygens (including phenoxy) is 3. The summed E-state index contributed by atoms with van der Waals surface area (Å²) in [6.45, 7) is 17.8. The van der Waals surface area contributed by atoms with Gasteiger partial charge in [-0.1, -0.05) is 40.7 Å². The molecule has 0 amide bonds. The van der Waals surface area contributed by atoms with Gasteiger partial charge < -0.3 is 23.7 Å². The third-order valence-corrected chi connectivity index (χ3v) is 12.5. The van der Waals surface area contributed by atoms with Crippen LogP contribution in [-0.4, -0.2) is 64.5 Å². The Kier molecular flexibility index (Phi) is 13.9. The number of aliphatic imine (C=N–C) groups is 1. The van der Waals surface area contributed by atoms with Gasteiger partial charge in [0.05, 0.1) is 13.7 Å². The molecule has 3 atom stereocenters. The first-order valence-corrected chi connectivity index (χ1v) is 16.8. The zero-order valence-electron chi connectivity index (χ0n) is 25.8. The summed E-state index contributed by atoms with van der Waals surface area (Å²) in [5.74, 6) is 0.994. The minimum absolute atomic E-state index is 0.0427. The quantitative estimate of drug-likeness (QED) is 0.0918. The molecule has 0 unspecified atom stereocenters. The summed E-state index contributed by atoms with van der Waals surface area (Å²) in [4.78, 5) is 26.8. The smallest absolute Gasteiger partial charge is 0.332 e. The fraction of sp³-hybridized carbons (Fsp3) is 0.733. The fourth-order valence-corrected chi connectivity index (χ4v) is 5.63. The first-order valence-electron chi connectivity index (χ1n) is 13.9. The molecule has 1 aromatic carbocycles. The summed E-state index contributed by atoms with van der Waals surface area (Å²) in [6.07, 6.45) is 4.38. The molecule has 0 radical (unpaired) electrons. The molecule has 0 spiro atoms. The Morgan fingerprint density at radius 1 is 1.08 bits per heavy atom. The van der Waals surface area contributed by atoms with Gasteiger partial charge in [-0.2, -0.15) is 4.99 Å². The SMILES string of the molecule is COCCCOc1cc(C[C@H](CC[C@@H](C[C@@](C)(N=C=O)C(=O)O)O[Si](C)(C)C(C)(C)C)C(C)C)ccc1OC. The minimum atomic E-state index is -2.21. The fourth-order valence-electron chi connectivity index (χ4n) is 4.24. The van der Waals surface area contributed by atoms with Crippen molar-refractivity contribution in [2.24, 2.45) is 16.8 Å². The molecule has 222 valence electrons. The summed E-state index contributed by atoms with van der Waals surface area (Å²) in [6, 6.07) is 6.06. The van der Waals surface area contributed by atoms with E-state index in [2.05, 4.69) is 58.8 Å². The monoisotopic (exact) mass is 565 g/mol. The van der Waals surface area contributed by atoms with Gasteiger partial charge in [0.15, 0.2) is 25.4 Å². The summed E-state index contributed by atoms with van der Waals surface area (Å²) in [7, 11) is 1.10. The second-order valence-electron chi connectivity index (χ2n) is 12.5. The number of hydrogen-bond donors (Lipinski definition) is 1. The van der Waals surface area contributed by atoms with Crippen LogP contribution in [0.5, 0.6) is 11.5 Å². The molecule has 0 heterocycles. The molecule has 0 aliphatic rings. The van der Waals surface area contributed by atoms with Crippen LogP contribution in [0.15, 0.2) is 23.2 Å². The van der Waals surface area contributed by atoms with Crippen molar-refractivity contribution in [3.8, 4) is 11.5 Å². The van der Waals surface area contributed by atoms with Gasteiger partial charge in [-0.25, -0.2) is 9.59 Å². The maximum Gasteiger partial charge on any atom is 0.332 e. The summed E-state index contributed by atoms with van der Waals surface area (Å²) in [5, 5.41) is 9.80. The van der Waals surface area contributed by atoms with E-state index in [4.69, 9.17) is 18.6 Å². The molecule has 1 rings (SSSR count). The topological polar surface area (TPSA) is 104 Å². The number of carboxylic acids is 1. The maximum absolute atomic E-state index is 12.0. The third-order valence-electron chi connectivity index (χ3n) is 7.92. The van der Waals surface area contributed by atoms with Crippen LogP contribution in [-0.2, 0) is 25.2 Å². The molecular formula is C30H51NO7Si. The highest BCUT2D eigenvalue weighted by molar-refractivity contribution is 6.74. The second kappa shape index (κ2) is 15.6. The molecule has 1 aromatic rings. The highest BCUT2D eigenvalue weighted by atomic mass is 28.4. The van der Waals surface area contributed by atoms with Crippen LogP contribution in [0.4, 0.5) is 0 Å². The predicted molar refractivity (Wildman–Crippen MR) is 157 cm³/mol. The largest absolute Gasteiger partial charge is 0.493 e. The van der Waals surface area contributed by atoms with Gasteiger partial charge in [0, 0.05) is 32.7 Å². The van der Waals surface area contributed by atoms with Crippen molar-refractivity contribution in [3.05, 3.63) is 23.8 Å². The van der Waals surface area contributed by atoms with Crippen molar-refractivity contribution < 1.29 is 33.3 Å². The van der Waals surface area contributed by atoms with Crippen LogP contribution in [0.25, 0.3) is 0 Å². The van der Waals surface area contributed by atoms with E-state index in [1.165, 1.54) is 13.0 Å². The van der Waals surface area contributed by atoms with E-state index in [-0.39, 0.29) is 17.6 Å². The van der Waals surface area contributed by atoms with Gasteiger partial charge in [0.25, 0.3) is 0 Å². The van der Waals surface area contributed by atoms with Gasteiger partial charge in [0.1, 0.15) is 0 Å². The van der Waals surface area contributed by atoms with E-state index in [9.17, 15) is 14.7 Å². The van der Waals surface area contributed by atoms with Crippen LogP contribution in [0.1, 0.15) is 72.8 Å². The average molecular weight is 566 g/mol. The lowest BCUT2D eigenvalue weighted by Gasteiger charge is -2.41. The zero-order valence-corrected chi connectivity index (χ0v) is 26.8. The van der Waals surface area contributed by atoms with E-state index in [1.54, 1.807) is 14.2 Å². The lowest BCUT2D eigenvalue weighted by atomic mass is 9.83. The third kappa shape index (κ3) is 11.1. The Balaban J connectivity index is 3.15. The number of nitrogens with zero attached hydrogens (tertiary/aromatic N) is 1. The number of carboxylic acid groups (broad SMARTS) is 1. The Morgan fingerprint density at radius 3 is 2.26 bits per heavy atom. The van der Waals surface area contributed by atoms with Crippen molar-refractivity contribution in [1.82, 2.24) is 0 Å².